The van der Waals surface area contributed by atoms with Crippen LogP contribution >= 0.6 is 0 Å². The fourth-order valence-electron chi connectivity index (χ4n) is 7.98. The molecule has 8 rings (SSSR count). The smallest absolute Gasteiger partial charge is 0.213 e. The third-order valence-electron chi connectivity index (χ3n) is 10.3. The van der Waals surface area contributed by atoms with E-state index in [-0.39, 0.29) is 11.0 Å². The summed E-state index contributed by atoms with van der Waals surface area (Å²) in [6.07, 6.45) is 4.28. The monoisotopic (exact) mass is 531 g/mol. The first kappa shape index (κ1) is 24.4. The van der Waals surface area contributed by atoms with Crippen LogP contribution in [-0.2, 0) is 11.0 Å². The van der Waals surface area contributed by atoms with Crippen LogP contribution in [0.25, 0.3) is 55.5 Å². The van der Waals surface area contributed by atoms with Crippen LogP contribution in [0.15, 0.2) is 110 Å². The second-order valence-electron chi connectivity index (χ2n) is 12.3. The van der Waals surface area contributed by atoms with Crippen LogP contribution in [0.3, 0.4) is 0 Å². The van der Waals surface area contributed by atoms with Gasteiger partial charge in [0.1, 0.15) is 0 Å². The molecule has 2 nitrogen and oxygen atoms in total. The molecule has 0 radical (unpaired) electrons. The first-order valence-corrected chi connectivity index (χ1v) is 14.9. The number of fused-ring (bicyclic) bond motifs is 8. The lowest BCUT2D eigenvalue weighted by molar-refractivity contribution is -0.741. The molecular weight excluding hydrogens is 496 g/mol. The Bertz CT molecular complexity index is 2070. The Morgan fingerprint density at radius 3 is 2.29 bits per heavy atom. The number of benzene rings is 4. The molecule has 2 heteroatoms. The van der Waals surface area contributed by atoms with Gasteiger partial charge in [0, 0.05) is 46.7 Å². The van der Waals surface area contributed by atoms with Gasteiger partial charge in [-0.1, -0.05) is 82.8 Å². The lowest BCUT2D eigenvalue weighted by atomic mass is 9.73. The van der Waals surface area contributed by atoms with Crippen molar-refractivity contribution in [3.05, 3.63) is 127 Å². The summed E-state index contributed by atoms with van der Waals surface area (Å²) in [7, 11) is 0. The normalized spacial score (nSPS) is 16.0. The highest BCUT2D eigenvalue weighted by Gasteiger charge is 2.46. The standard InChI is InChI=1S/C39H35N2/c1-6-39(7-2)25(3)28-20-19-26(22-30(28)34-16-12-13-21-40(34)39)27-23-31-29-14-8-10-17-35(29)41-36-18-11-9-15-32(36)38(4,5)33(24-27)37(31)41/h8-24H,3,6-7H2,1-2,4-5H3/q+1. The molecule has 0 bridgehead atoms. The number of aromatic nitrogens is 2. The van der Waals surface area contributed by atoms with Crippen molar-refractivity contribution in [2.75, 3.05) is 0 Å². The molecule has 2 aromatic heterocycles. The zero-order valence-corrected chi connectivity index (χ0v) is 24.3. The van der Waals surface area contributed by atoms with Crippen LogP contribution in [0, 0.1) is 0 Å². The zero-order valence-electron chi connectivity index (χ0n) is 24.3. The first-order chi connectivity index (χ1) is 19.9. The molecule has 200 valence electrons. The second-order valence-corrected chi connectivity index (χ2v) is 12.3. The predicted octanol–water partition coefficient (Wildman–Crippen LogP) is 9.59. The van der Waals surface area contributed by atoms with Crippen LogP contribution in [0.5, 0.6) is 0 Å². The zero-order chi connectivity index (χ0) is 28.1. The van der Waals surface area contributed by atoms with Crippen molar-refractivity contribution in [3.8, 4) is 28.1 Å². The van der Waals surface area contributed by atoms with Crippen LogP contribution in [0.4, 0.5) is 0 Å². The van der Waals surface area contributed by atoms with Gasteiger partial charge in [-0.3, -0.25) is 0 Å². The van der Waals surface area contributed by atoms with Gasteiger partial charge in [0.05, 0.1) is 22.3 Å². The van der Waals surface area contributed by atoms with Crippen LogP contribution in [0.1, 0.15) is 57.2 Å². The van der Waals surface area contributed by atoms with Crippen molar-refractivity contribution in [2.24, 2.45) is 0 Å². The average Bonchev–Trinajstić information content (AvgIpc) is 3.35. The second kappa shape index (κ2) is 8.30. The van der Waals surface area contributed by atoms with E-state index in [9.17, 15) is 0 Å². The quantitative estimate of drug-likeness (QED) is 0.201. The van der Waals surface area contributed by atoms with Crippen molar-refractivity contribution in [3.63, 3.8) is 0 Å². The van der Waals surface area contributed by atoms with Gasteiger partial charge in [0.2, 0.25) is 5.69 Å². The topological polar surface area (TPSA) is 8.81 Å². The molecule has 4 heterocycles. The van der Waals surface area contributed by atoms with Gasteiger partial charge in [-0.05, 0) is 64.2 Å². The first-order valence-electron chi connectivity index (χ1n) is 14.9. The minimum absolute atomic E-state index is 0.0898. The van der Waals surface area contributed by atoms with E-state index in [0.717, 1.165) is 12.8 Å². The molecule has 4 aromatic carbocycles. The molecular formula is C39H35N2+. The lowest BCUT2D eigenvalue weighted by Crippen LogP contribution is -2.59. The van der Waals surface area contributed by atoms with Crippen molar-refractivity contribution in [2.45, 2.75) is 51.5 Å². The van der Waals surface area contributed by atoms with Gasteiger partial charge in [-0.25, -0.2) is 0 Å². The number of hydrogen-bond donors (Lipinski definition) is 0. The van der Waals surface area contributed by atoms with Crippen molar-refractivity contribution >= 4 is 27.4 Å². The maximum absolute atomic E-state index is 4.68. The van der Waals surface area contributed by atoms with E-state index in [2.05, 4.69) is 147 Å². The highest BCUT2D eigenvalue weighted by Crippen LogP contribution is 2.50. The van der Waals surface area contributed by atoms with E-state index in [1.807, 2.05) is 0 Å². The molecule has 0 saturated heterocycles. The van der Waals surface area contributed by atoms with E-state index in [1.165, 1.54) is 72.1 Å². The lowest BCUT2D eigenvalue weighted by Gasteiger charge is -2.35. The van der Waals surface area contributed by atoms with E-state index in [4.69, 9.17) is 0 Å². The minimum atomic E-state index is -0.123. The molecule has 0 unspecified atom stereocenters. The van der Waals surface area contributed by atoms with Gasteiger partial charge in [0.25, 0.3) is 0 Å². The molecule has 6 aromatic rings. The Kier molecular flexibility index (Phi) is 4.93. The van der Waals surface area contributed by atoms with E-state index < -0.39 is 0 Å². The molecule has 41 heavy (non-hydrogen) atoms. The summed E-state index contributed by atoms with van der Waals surface area (Å²) in [4.78, 5) is 0. The number of allylic oxidation sites excluding steroid dienone is 1. The minimum Gasteiger partial charge on any atom is -0.309 e. The van der Waals surface area contributed by atoms with Gasteiger partial charge in [0.15, 0.2) is 11.7 Å². The molecule has 0 spiro atoms. The molecule has 0 atom stereocenters. The van der Waals surface area contributed by atoms with Gasteiger partial charge < -0.3 is 4.57 Å². The average molecular weight is 532 g/mol. The molecule has 0 aliphatic carbocycles. The molecule has 0 amide bonds. The summed E-state index contributed by atoms with van der Waals surface area (Å²) in [5.74, 6) is 0. The van der Waals surface area contributed by atoms with Crippen LogP contribution in [0.2, 0.25) is 0 Å². The Morgan fingerprint density at radius 1 is 0.707 bits per heavy atom. The Hall–Kier alpha value is -4.43. The van der Waals surface area contributed by atoms with Gasteiger partial charge >= 0.3 is 0 Å². The summed E-state index contributed by atoms with van der Waals surface area (Å²) in [5, 5.41) is 2.63. The Labute approximate surface area is 242 Å². The van der Waals surface area contributed by atoms with Crippen molar-refractivity contribution in [1.29, 1.82) is 0 Å². The summed E-state index contributed by atoms with van der Waals surface area (Å²) in [6.45, 7) is 14.0. The van der Waals surface area contributed by atoms with Crippen LogP contribution < -0.4 is 4.57 Å². The predicted molar refractivity (Wildman–Crippen MR) is 172 cm³/mol. The Balaban J connectivity index is 1.42. The summed E-state index contributed by atoms with van der Waals surface area (Å²) in [6, 6.07) is 36.3. The van der Waals surface area contributed by atoms with Crippen molar-refractivity contribution < 1.29 is 4.57 Å². The molecule has 2 aliphatic rings. The number of para-hydroxylation sites is 2. The van der Waals surface area contributed by atoms with Gasteiger partial charge in [-0.2, -0.15) is 4.57 Å². The fourth-order valence-corrected chi connectivity index (χ4v) is 7.98. The van der Waals surface area contributed by atoms with E-state index in [0.29, 0.717) is 0 Å². The fraction of sp³-hybridized carbons (Fsp3) is 0.205. The van der Waals surface area contributed by atoms with Crippen molar-refractivity contribution in [1.82, 2.24) is 4.57 Å². The third kappa shape index (κ3) is 3.00. The molecule has 0 N–H and O–H groups in total. The number of nitrogens with zero attached hydrogens (tertiary/aromatic N) is 2. The van der Waals surface area contributed by atoms with Crippen LogP contribution in [-0.4, -0.2) is 4.57 Å². The maximum atomic E-state index is 4.68. The van der Waals surface area contributed by atoms with E-state index >= 15 is 0 Å². The maximum Gasteiger partial charge on any atom is 0.213 e. The number of hydrogen-bond acceptors (Lipinski definition) is 0. The largest absolute Gasteiger partial charge is 0.309 e. The highest BCUT2D eigenvalue weighted by molar-refractivity contribution is 6.13. The third-order valence-corrected chi connectivity index (χ3v) is 10.3. The van der Waals surface area contributed by atoms with E-state index in [1.54, 1.807) is 0 Å². The highest BCUT2D eigenvalue weighted by atomic mass is 15.1. The summed E-state index contributed by atoms with van der Waals surface area (Å²) in [5.41, 5.74) is 14.0. The number of pyridine rings is 1. The summed E-state index contributed by atoms with van der Waals surface area (Å²) >= 11 is 0. The molecule has 2 aliphatic heterocycles. The number of rotatable bonds is 3. The molecule has 0 fully saturated rings. The Morgan fingerprint density at radius 2 is 1.46 bits per heavy atom. The summed E-state index contributed by atoms with van der Waals surface area (Å²) < 4.78 is 4.96. The molecule has 0 saturated carbocycles. The van der Waals surface area contributed by atoms with Gasteiger partial charge in [-0.15, -0.1) is 0 Å². The SMILES string of the molecule is C=C1c2ccc(-c3cc4c5c(c3)c3ccccc3n5-c3ccccc3C4(C)C)cc2-c2cccc[n+]2C1(CC)CC.